The first-order valence-electron chi connectivity index (χ1n) is 10.5. The number of carbonyl (C=O) groups is 1. The number of hydrogen-bond donors (Lipinski definition) is 0. The summed E-state index contributed by atoms with van der Waals surface area (Å²) in [6.07, 6.45) is 4.22. The maximum Gasteiger partial charge on any atom is 0.195 e. The molecule has 1 heterocycles. The van der Waals surface area contributed by atoms with Gasteiger partial charge in [0.1, 0.15) is 18.1 Å². The highest BCUT2D eigenvalue weighted by Crippen LogP contribution is 2.26. The topological polar surface area (TPSA) is 35.5 Å². The number of ether oxygens (including phenoxy) is 2. The van der Waals surface area contributed by atoms with Crippen molar-refractivity contribution in [3.63, 3.8) is 0 Å². The van der Waals surface area contributed by atoms with Crippen molar-refractivity contribution in [3.05, 3.63) is 122 Å². The normalized spacial score (nSPS) is 11.0. The Morgan fingerprint density at radius 1 is 0.939 bits per heavy atom. The maximum absolute atomic E-state index is 12.4. The van der Waals surface area contributed by atoms with E-state index in [0.29, 0.717) is 11.5 Å². The number of hydrogen-bond acceptors (Lipinski definition) is 4. The zero-order valence-corrected chi connectivity index (χ0v) is 20.6. The number of rotatable bonds is 9. The average Bonchev–Trinajstić information content (AvgIpc) is 3.29. The summed E-state index contributed by atoms with van der Waals surface area (Å²) in [6.45, 7) is 0.364. The summed E-state index contributed by atoms with van der Waals surface area (Å²) in [5.74, 6) is 1.58. The summed E-state index contributed by atoms with van der Waals surface area (Å²) in [5, 5.41) is 1.90. The van der Waals surface area contributed by atoms with Crippen molar-refractivity contribution in [3.8, 4) is 11.5 Å². The Morgan fingerprint density at radius 2 is 1.73 bits per heavy atom. The molecule has 0 saturated heterocycles. The number of benzene rings is 3. The number of halogens is 1. The average molecular weight is 519 g/mol. The van der Waals surface area contributed by atoms with Crippen molar-refractivity contribution < 1.29 is 14.3 Å². The lowest BCUT2D eigenvalue weighted by Crippen LogP contribution is -2.02. The van der Waals surface area contributed by atoms with Crippen LogP contribution >= 0.6 is 27.3 Å². The van der Waals surface area contributed by atoms with Crippen LogP contribution in [0.2, 0.25) is 0 Å². The molecule has 0 unspecified atom stereocenters. The SMILES string of the molecule is COc1ccc(/C=C/C(=O)c2cc(Br)cs2)cc1COc1ccccc1Cc1ccccc1. The van der Waals surface area contributed by atoms with Crippen LogP contribution in [-0.4, -0.2) is 12.9 Å². The van der Waals surface area contributed by atoms with Gasteiger partial charge in [-0.1, -0.05) is 60.7 Å². The second-order valence-corrected chi connectivity index (χ2v) is 9.28. The summed E-state index contributed by atoms with van der Waals surface area (Å²) in [7, 11) is 1.65. The Kier molecular flexibility index (Phi) is 7.76. The highest BCUT2D eigenvalue weighted by molar-refractivity contribution is 9.10. The van der Waals surface area contributed by atoms with Crippen molar-refractivity contribution in [2.45, 2.75) is 13.0 Å². The smallest absolute Gasteiger partial charge is 0.195 e. The second kappa shape index (κ2) is 11.1. The first kappa shape index (κ1) is 23.0. The molecule has 0 aliphatic carbocycles. The lowest BCUT2D eigenvalue weighted by molar-refractivity contribution is 0.105. The first-order chi connectivity index (χ1) is 16.1. The molecule has 3 aromatic carbocycles. The fraction of sp³-hybridized carbons (Fsp3) is 0.107. The Bertz CT molecular complexity index is 1260. The largest absolute Gasteiger partial charge is 0.496 e. The Morgan fingerprint density at radius 3 is 2.48 bits per heavy atom. The van der Waals surface area contributed by atoms with E-state index in [1.54, 1.807) is 13.2 Å². The Balaban J connectivity index is 1.49. The fourth-order valence-electron chi connectivity index (χ4n) is 3.47. The molecule has 33 heavy (non-hydrogen) atoms. The molecular formula is C28H23BrO3S. The van der Waals surface area contributed by atoms with Gasteiger partial charge in [0.15, 0.2) is 5.78 Å². The quantitative estimate of drug-likeness (QED) is 0.169. The third-order valence-electron chi connectivity index (χ3n) is 5.14. The van der Waals surface area contributed by atoms with Crippen molar-refractivity contribution in [1.82, 2.24) is 0 Å². The van der Waals surface area contributed by atoms with Crippen LogP contribution < -0.4 is 9.47 Å². The fourth-order valence-corrected chi connectivity index (χ4v) is 4.82. The lowest BCUT2D eigenvalue weighted by atomic mass is 10.0. The highest BCUT2D eigenvalue weighted by atomic mass is 79.9. The number of methoxy groups -OCH3 is 1. The van der Waals surface area contributed by atoms with Gasteiger partial charge in [-0.2, -0.15) is 0 Å². The number of ketones is 1. The van der Waals surface area contributed by atoms with Gasteiger partial charge in [-0.15, -0.1) is 11.3 Å². The van der Waals surface area contributed by atoms with E-state index in [9.17, 15) is 4.79 Å². The molecule has 0 aliphatic rings. The molecular weight excluding hydrogens is 496 g/mol. The van der Waals surface area contributed by atoms with Gasteiger partial charge in [0, 0.05) is 21.8 Å². The van der Waals surface area contributed by atoms with E-state index < -0.39 is 0 Å². The molecule has 1 aromatic heterocycles. The van der Waals surface area contributed by atoms with E-state index in [4.69, 9.17) is 9.47 Å². The minimum absolute atomic E-state index is 0.0193. The first-order valence-corrected chi connectivity index (χ1v) is 12.2. The van der Waals surface area contributed by atoms with Crippen LogP contribution in [0, 0.1) is 0 Å². The van der Waals surface area contributed by atoms with E-state index in [1.165, 1.54) is 16.9 Å². The van der Waals surface area contributed by atoms with Crippen LogP contribution in [0.4, 0.5) is 0 Å². The predicted molar refractivity (Wildman–Crippen MR) is 138 cm³/mol. The number of para-hydroxylation sites is 1. The Labute approximate surface area is 206 Å². The second-order valence-electron chi connectivity index (χ2n) is 7.46. The van der Waals surface area contributed by atoms with Gasteiger partial charge in [-0.3, -0.25) is 4.79 Å². The summed E-state index contributed by atoms with van der Waals surface area (Å²) in [5.41, 5.74) is 4.20. The summed E-state index contributed by atoms with van der Waals surface area (Å²) >= 11 is 4.81. The molecule has 5 heteroatoms. The van der Waals surface area contributed by atoms with Crippen LogP contribution in [0.3, 0.4) is 0 Å². The van der Waals surface area contributed by atoms with Gasteiger partial charge in [0.25, 0.3) is 0 Å². The van der Waals surface area contributed by atoms with Gasteiger partial charge in [-0.25, -0.2) is 0 Å². The van der Waals surface area contributed by atoms with Gasteiger partial charge in [-0.05, 0) is 63.0 Å². The molecule has 0 amide bonds. The van der Waals surface area contributed by atoms with Crippen LogP contribution in [0.1, 0.15) is 31.9 Å². The monoisotopic (exact) mass is 518 g/mol. The van der Waals surface area contributed by atoms with Crippen LogP contribution in [-0.2, 0) is 13.0 Å². The molecule has 0 atom stereocenters. The third-order valence-corrected chi connectivity index (χ3v) is 6.84. The molecule has 0 N–H and O–H groups in total. The van der Waals surface area contributed by atoms with Crippen molar-refractivity contribution in [1.29, 1.82) is 0 Å². The minimum Gasteiger partial charge on any atom is -0.496 e. The van der Waals surface area contributed by atoms with Crippen molar-refractivity contribution in [2.75, 3.05) is 7.11 Å². The van der Waals surface area contributed by atoms with Gasteiger partial charge in [0.2, 0.25) is 0 Å². The standard InChI is InChI=1S/C28H23BrO3S/c1-31-26-14-12-21(11-13-25(30)28-17-24(29)19-33-28)16-23(26)18-32-27-10-6-5-9-22(27)15-20-7-3-2-4-8-20/h2-14,16-17,19H,15,18H2,1H3/b13-11+. The molecule has 0 bridgehead atoms. The molecule has 0 saturated carbocycles. The van der Waals surface area contributed by atoms with Gasteiger partial charge < -0.3 is 9.47 Å². The van der Waals surface area contributed by atoms with Crippen LogP contribution in [0.25, 0.3) is 6.08 Å². The zero-order valence-electron chi connectivity index (χ0n) is 18.2. The molecule has 166 valence electrons. The lowest BCUT2D eigenvalue weighted by Gasteiger charge is -2.14. The van der Waals surface area contributed by atoms with Crippen molar-refractivity contribution in [2.24, 2.45) is 0 Å². The number of thiophene rings is 1. The zero-order chi connectivity index (χ0) is 23.0. The van der Waals surface area contributed by atoms with E-state index in [-0.39, 0.29) is 5.78 Å². The van der Waals surface area contributed by atoms with E-state index >= 15 is 0 Å². The number of allylic oxidation sites excluding steroid dienone is 1. The summed E-state index contributed by atoms with van der Waals surface area (Å²) in [6, 6.07) is 26.1. The van der Waals surface area contributed by atoms with Crippen LogP contribution in [0.15, 0.2) is 94.8 Å². The molecule has 0 aliphatic heterocycles. The predicted octanol–water partition coefficient (Wildman–Crippen LogP) is 7.59. The molecule has 3 nitrogen and oxygen atoms in total. The Hall–Kier alpha value is -3.15. The molecule has 0 spiro atoms. The minimum atomic E-state index is -0.0193. The van der Waals surface area contributed by atoms with Gasteiger partial charge >= 0.3 is 0 Å². The molecule has 4 aromatic rings. The van der Waals surface area contributed by atoms with E-state index in [2.05, 4.69) is 34.1 Å². The maximum atomic E-state index is 12.4. The van der Waals surface area contributed by atoms with Gasteiger partial charge in [0.05, 0.1) is 12.0 Å². The van der Waals surface area contributed by atoms with Crippen LogP contribution in [0.5, 0.6) is 11.5 Å². The highest BCUT2D eigenvalue weighted by Gasteiger charge is 2.09. The molecule has 0 fully saturated rings. The van der Waals surface area contributed by atoms with E-state index in [0.717, 1.165) is 39.1 Å². The van der Waals surface area contributed by atoms with E-state index in [1.807, 2.05) is 72.1 Å². The number of carbonyl (C=O) groups excluding carboxylic acids is 1. The third kappa shape index (κ3) is 6.21. The molecule has 4 rings (SSSR count). The summed E-state index contributed by atoms with van der Waals surface area (Å²) < 4.78 is 12.7. The van der Waals surface area contributed by atoms with Crippen molar-refractivity contribution >= 4 is 39.1 Å². The summed E-state index contributed by atoms with van der Waals surface area (Å²) in [4.78, 5) is 13.1. The molecule has 0 radical (unpaired) electrons.